The van der Waals surface area contributed by atoms with E-state index >= 15 is 0 Å². The number of aliphatic carboxylic acids is 1. The molecule has 0 aliphatic heterocycles. The van der Waals surface area contributed by atoms with Gasteiger partial charge in [0, 0.05) is 11.3 Å². The van der Waals surface area contributed by atoms with Gasteiger partial charge in [0.25, 0.3) is 0 Å². The molecule has 0 saturated carbocycles. The molecule has 5 heteroatoms. The summed E-state index contributed by atoms with van der Waals surface area (Å²) >= 11 is 1.59. The van der Waals surface area contributed by atoms with Crippen molar-refractivity contribution in [3.63, 3.8) is 0 Å². The predicted octanol–water partition coefficient (Wildman–Crippen LogP) is 0.881. The quantitative estimate of drug-likeness (QED) is 0.763. The average molecular weight is 213 g/mol. The molecule has 0 saturated heterocycles. The van der Waals surface area contributed by atoms with E-state index in [1.165, 1.54) is 0 Å². The minimum absolute atomic E-state index is 0.221. The molecule has 0 atom stereocenters. The molecular formula is C9H11NO3S. The highest BCUT2D eigenvalue weighted by Crippen LogP contribution is 2.10. The summed E-state index contributed by atoms with van der Waals surface area (Å²) in [7, 11) is 0. The second-order valence-electron chi connectivity index (χ2n) is 2.75. The molecule has 0 fully saturated rings. The van der Waals surface area contributed by atoms with Gasteiger partial charge in [-0.1, -0.05) is 6.07 Å². The van der Waals surface area contributed by atoms with Crippen molar-refractivity contribution in [2.45, 2.75) is 12.8 Å². The van der Waals surface area contributed by atoms with E-state index in [9.17, 15) is 9.59 Å². The molecule has 0 aromatic carbocycles. The lowest BCUT2D eigenvalue weighted by Gasteiger charge is -2.00. The molecule has 0 radical (unpaired) electrons. The predicted molar refractivity (Wildman–Crippen MR) is 53.3 cm³/mol. The lowest BCUT2D eigenvalue weighted by Crippen LogP contribution is -2.29. The molecule has 1 rings (SSSR count). The first kappa shape index (κ1) is 10.7. The molecule has 1 aromatic rings. The highest BCUT2D eigenvalue weighted by molar-refractivity contribution is 7.09. The van der Waals surface area contributed by atoms with Crippen LogP contribution in [0.25, 0.3) is 0 Å². The number of amides is 1. The summed E-state index contributed by atoms with van der Waals surface area (Å²) in [4.78, 5) is 22.3. The minimum Gasteiger partial charge on any atom is -0.480 e. The zero-order valence-corrected chi connectivity index (χ0v) is 8.34. The Morgan fingerprint density at radius 2 is 2.29 bits per heavy atom. The Balaban J connectivity index is 2.18. The molecule has 1 aromatic heterocycles. The molecule has 0 aliphatic rings. The fourth-order valence-corrected chi connectivity index (χ4v) is 1.66. The monoisotopic (exact) mass is 213 g/mol. The van der Waals surface area contributed by atoms with E-state index in [2.05, 4.69) is 5.32 Å². The number of thiophene rings is 1. The van der Waals surface area contributed by atoms with Crippen molar-refractivity contribution >= 4 is 23.2 Å². The Kier molecular flexibility index (Phi) is 4.12. The van der Waals surface area contributed by atoms with Crippen molar-refractivity contribution < 1.29 is 14.7 Å². The summed E-state index contributed by atoms with van der Waals surface area (Å²) in [5.74, 6) is -1.24. The topological polar surface area (TPSA) is 66.4 Å². The standard InChI is InChI=1S/C9H11NO3S/c11-8(10-6-9(12)13)4-3-7-2-1-5-14-7/h1-2,5H,3-4,6H2,(H,10,11)(H,12,13). The summed E-state index contributed by atoms with van der Waals surface area (Å²) in [6.45, 7) is -0.302. The summed E-state index contributed by atoms with van der Waals surface area (Å²) < 4.78 is 0. The van der Waals surface area contributed by atoms with E-state index in [-0.39, 0.29) is 12.5 Å². The molecule has 0 bridgehead atoms. The Labute approximate surface area is 85.6 Å². The molecular weight excluding hydrogens is 202 g/mol. The number of carbonyl (C=O) groups excluding carboxylic acids is 1. The van der Waals surface area contributed by atoms with Gasteiger partial charge in [0.05, 0.1) is 0 Å². The number of carboxylic acid groups (broad SMARTS) is 1. The maximum atomic E-state index is 11.1. The minimum atomic E-state index is -1.02. The molecule has 76 valence electrons. The van der Waals surface area contributed by atoms with E-state index < -0.39 is 5.97 Å². The van der Waals surface area contributed by atoms with Gasteiger partial charge in [-0.25, -0.2) is 0 Å². The molecule has 4 nitrogen and oxygen atoms in total. The van der Waals surface area contributed by atoms with E-state index in [1.54, 1.807) is 11.3 Å². The van der Waals surface area contributed by atoms with Crippen molar-refractivity contribution in [2.24, 2.45) is 0 Å². The van der Waals surface area contributed by atoms with Gasteiger partial charge >= 0.3 is 5.97 Å². The third-order valence-electron chi connectivity index (χ3n) is 1.62. The van der Waals surface area contributed by atoms with Crippen LogP contribution in [-0.2, 0) is 16.0 Å². The number of hydrogen-bond donors (Lipinski definition) is 2. The summed E-state index contributed by atoms with van der Waals surface area (Å²) in [5, 5.41) is 12.6. The average Bonchev–Trinajstić information content (AvgIpc) is 2.63. The van der Waals surface area contributed by atoms with Gasteiger partial charge in [-0.05, 0) is 17.9 Å². The third kappa shape index (κ3) is 4.04. The third-order valence-corrected chi connectivity index (χ3v) is 2.55. The van der Waals surface area contributed by atoms with Gasteiger partial charge in [-0.3, -0.25) is 9.59 Å². The van der Waals surface area contributed by atoms with Crippen LogP contribution in [-0.4, -0.2) is 23.5 Å². The maximum Gasteiger partial charge on any atom is 0.322 e. The molecule has 1 heterocycles. The fourth-order valence-electron chi connectivity index (χ4n) is 0.954. The molecule has 1 amide bonds. The Bertz CT molecular complexity index is 308. The van der Waals surface area contributed by atoms with Gasteiger partial charge in [-0.15, -0.1) is 11.3 Å². The van der Waals surface area contributed by atoms with Crippen molar-refractivity contribution in [3.8, 4) is 0 Å². The lowest BCUT2D eigenvalue weighted by atomic mass is 10.2. The molecule has 0 spiro atoms. The molecule has 0 aliphatic carbocycles. The van der Waals surface area contributed by atoms with Gasteiger partial charge < -0.3 is 10.4 Å². The first-order valence-electron chi connectivity index (χ1n) is 4.19. The number of aryl methyl sites for hydroxylation is 1. The van der Waals surface area contributed by atoms with Crippen molar-refractivity contribution in [2.75, 3.05) is 6.54 Å². The van der Waals surface area contributed by atoms with E-state index in [4.69, 9.17) is 5.11 Å². The van der Waals surface area contributed by atoms with E-state index in [1.807, 2.05) is 17.5 Å². The Hall–Kier alpha value is -1.36. The van der Waals surface area contributed by atoms with Crippen LogP contribution in [0.3, 0.4) is 0 Å². The van der Waals surface area contributed by atoms with E-state index in [0.29, 0.717) is 12.8 Å². The van der Waals surface area contributed by atoms with Crippen LogP contribution >= 0.6 is 11.3 Å². The summed E-state index contributed by atoms with van der Waals surface area (Å²) in [6, 6.07) is 3.88. The first-order valence-corrected chi connectivity index (χ1v) is 5.07. The van der Waals surface area contributed by atoms with Gasteiger partial charge in [-0.2, -0.15) is 0 Å². The number of carboxylic acids is 1. The van der Waals surface area contributed by atoms with Crippen LogP contribution in [0.15, 0.2) is 17.5 Å². The van der Waals surface area contributed by atoms with Crippen molar-refractivity contribution in [1.29, 1.82) is 0 Å². The maximum absolute atomic E-state index is 11.1. The second-order valence-corrected chi connectivity index (χ2v) is 3.78. The van der Waals surface area contributed by atoms with Crippen LogP contribution in [0.2, 0.25) is 0 Å². The smallest absolute Gasteiger partial charge is 0.322 e. The van der Waals surface area contributed by atoms with Crippen LogP contribution in [0.4, 0.5) is 0 Å². The van der Waals surface area contributed by atoms with Gasteiger partial charge in [0.2, 0.25) is 5.91 Å². The normalized spacial score (nSPS) is 9.71. The molecule has 0 unspecified atom stereocenters. The van der Waals surface area contributed by atoms with Crippen molar-refractivity contribution in [1.82, 2.24) is 5.32 Å². The summed E-state index contributed by atoms with van der Waals surface area (Å²) in [5.41, 5.74) is 0. The lowest BCUT2D eigenvalue weighted by molar-refractivity contribution is -0.137. The van der Waals surface area contributed by atoms with Crippen LogP contribution in [0.1, 0.15) is 11.3 Å². The van der Waals surface area contributed by atoms with Gasteiger partial charge in [0.15, 0.2) is 0 Å². The highest BCUT2D eigenvalue weighted by atomic mass is 32.1. The molecule has 14 heavy (non-hydrogen) atoms. The van der Waals surface area contributed by atoms with Crippen LogP contribution in [0, 0.1) is 0 Å². The first-order chi connectivity index (χ1) is 6.68. The SMILES string of the molecule is O=C(O)CNC(=O)CCc1cccs1. The Morgan fingerprint density at radius 1 is 1.50 bits per heavy atom. The second kappa shape index (κ2) is 5.39. The number of carbonyl (C=O) groups is 2. The molecule has 2 N–H and O–H groups in total. The van der Waals surface area contributed by atoms with E-state index in [0.717, 1.165) is 4.88 Å². The van der Waals surface area contributed by atoms with Crippen LogP contribution in [0.5, 0.6) is 0 Å². The largest absolute Gasteiger partial charge is 0.480 e. The summed E-state index contributed by atoms with van der Waals surface area (Å²) in [6.07, 6.45) is 1.01. The fraction of sp³-hybridized carbons (Fsp3) is 0.333. The number of rotatable bonds is 5. The number of nitrogens with one attached hydrogen (secondary N) is 1. The number of hydrogen-bond acceptors (Lipinski definition) is 3. The van der Waals surface area contributed by atoms with Crippen molar-refractivity contribution in [3.05, 3.63) is 22.4 Å². The Morgan fingerprint density at radius 3 is 2.86 bits per heavy atom. The highest BCUT2D eigenvalue weighted by Gasteiger charge is 2.04. The zero-order valence-electron chi connectivity index (χ0n) is 7.53. The van der Waals surface area contributed by atoms with Crippen LogP contribution < -0.4 is 5.32 Å². The zero-order chi connectivity index (χ0) is 10.4. The van der Waals surface area contributed by atoms with Gasteiger partial charge in [0.1, 0.15) is 6.54 Å².